The highest BCUT2D eigenvalue weighted by Crippen LogP contribution is 2.18. The summed E-state index contributed by atoms with van der Waals surface area (Å²) in [7, 11) is 0. The lowest BCUT2D eigenvalue weighted by molar-refractivity contribution is -0.120. The van der Waals surface area contributed by atoms with Crippen LogP contribution in [0.5, 0.6) is 0 Å². The van der Waals surface area contributed by atoms with Crippen LogP contribution in [0.2, 0.25) is 0 Å². The van der Waals surface area contributed by atoms with E-state index in [-0.39, 0.29) is 11.8 Å². The molecular weight excluding hydrogens is 224 g/mol. The molecule has 0 saturated carbocycles. The van der Waals surface area contributed by atoms with Gasteiger partial charge in [0.2, 0.25) is 5.91 Å². The first kappa shape index (κ1) is 13.1. The second-order valence-electron chi connectivity index (χ2n) is 5.03. The average Bonchev–Trinajstić information content (AvgIpc) is 2.40. The van der Waals surface area contributed by atoms with Crippen molar-refractivity contribution in [2.75, 3.05) is 18.4 Å². The fourth-order valence-electron chi connectivity index (χ4n) is 2.49. The lowest BCUT2D eigenvalue weighted by Crippen LogP contribution is -2.37. The van der Waals surface area contributed by atoms with E-state index >= 15 is 0 Å². The molecule has 1 fully saturated rings. The molecule has 1 aliphatic heterocycles. The molecule has 0 radical (unpaired) electrons. The number of rotatable bonds is 3. The Labute approximate surface area is 109 Å². The first-order chi connectivity index (χ1) is 8.70. The second-order valence-corrected chi connectivity index (χ2v) is 5.03. The van der Waals surface area contributed by atoms with Crippen molar-refractivity contribution in [3.05, 3.63) is 29.3 Å². The highest BCUT2D eigenvalue weighted by Gasteiger charge is 2.20. The van der Waals surface area contributed by atoms with Gasteiger partial charge in [-0.1, -0.05) is 13.0 Å². The van der Waals surface area contributed by atoms with Gasteiger partial charge in [-0.2, -0.15) is 0 Å². The number of benzene rings is 1. The predicted molar refractivity (Wildman–Crippen MR) is 74.8 cm³/mol. The molecule has 0 spiro atoms. The highest BCUT2D eigenvalue weighted by atomic mass is 16.1. The van der Waals surface area contributed by atoms with Crippen LogP contribution in [0, 0.1) is 12.8 Å². The molecule has 1 aromatic carbocycles. The number of piperidine rings is 1. The third kappa shape index (κ3) is 3.10. The Bertz CT molecular complexity index is 423. The monoisotopic (exact) mass is 246 g/mol. The maximum Gasteiger partial charge on any atom is 0.228 e. The normalized spacial score (nSPS) is 19.6. The van der Waals surface area contributed by atoms with Crippen molar-refractivity contribution >= 4 is 11.6 Å². The summed E-state index contributed by atoms with van der Waals surface area (Å²) in [6.07, 6.45) is 3.11. The summed E-state index contributed by atoms with van der Waals surface area (Å²) in [6, 6.07) is 6.16. The largest absolute Gasteiger partial charge is 0.326 e. The molecule has 0 unspecified atom stereocenters. The van der Waals surface area contributed by atoms with Crippen molar-refractivity contribution in [1.29, 1.82) is 0 Å². The number of carbonyl (C=O) groups excluding carboxylic acids is 1. The zero-order chi connectivity index (χ0) is 13.0. The highest BCUT2D eigenvalue weighted by molar-refractivity contribution is 5.92. The molecule has 0 bridgehead atoms. The number of hydrogen-bond donors (Lipinski definition) is 2. The summed E-state index contributed by atoms with van der Waals surface area (Å²) < 4.78 is 0. The molecule has 0 aromatic heterocycles. The van der Waals surface area contributed by atoms with E-state index in [1.165, 1.54) is 11.1 Å². The van der Waals surface area contributed by atoms with Gasteiger partial charge in [-0.05, 0) is 56.0 Å². The van der Waals surface area contributed by atoms with Gasteiger partial charge in [-0.3, -0.25) is 4.79 Å². The molecule has 3 nitrogen and oxygen atoms in total. The molecule has 0 aliphatic carbocycles. The molecule has 2 N–H and O–H groups in total. The van der Waals surface area contributed by atoms with Crippen LogP contribution in [-0.2, 0) is 11.2 Å². The number of aryl methyl sites for hydroxylation is 2. The van der Waals surface area contributed by atoms with Crippen molar-refractivity contribution in [2.24, 2.45) is 5.92 Å². The molecule has 1 aromatic rings. The summed E-state index contributed by atoms with van der Waals surface area (Å²) >= 11 is 0. The topological polar surface area (TPSA) is 41.1 Å². The summed E-state index contributed by atoms with van der Waals surface area (Å²) in [4.78, 5) is 12.1. The number of amides is 1. The molecule has 1 saturated heterocycles. The minimum absolute atomic E-state index is 0.116. The van der Waals surface area contributed by atoms with Crippen molar-refractivity contribution in [3.8, 4) is 0 Å². The Morgan fingerprint density at radius 1 is 1.50 bits per heavy atom. The van der Waals surface area contributed by atoms with Gasteiger partial charge in [0.05, 0.1) is 5.92 Å². The average molecular weight is 246 g/mol. The van der Waals surface area contributed by atoms with Crippen molar-refractivity contribution in [2.45, 2.75) is 33.1 Å². The van der Waals surface area contributed by atoms with Gasteiger partial charge >= 0.3 is 0 Å². The van der Waals surface area contributed by atoms with E-state index in [9.17, 15) is 4.79 Å². The second kappa shape index (κ2) is 6.01. The predicted octanol–water partition coefficient (Wildman–Crippen LogP) is 2.50. The van der Waals surface area contributed by atoms with E-state index < -0.39 is 0 Å². The lowest BCUT2D eigenvalue weighted by Gasteiger charge is -2.22. The van der Waals surface area contributed by atoms with E-state index in [1.54, 1.807) is 0 Å². The number of carbonyl (C=O) groups is 1. The smallest absolute Gasteiger partial charge is 0.228 e. The SMILES string of the molecule is CCc1ccc(NC(=O)[C@@H]2CCCNC2)cc1C. The van der Waals surface area contributed by atoms with Crippen molar-refractivity contribution in [3.63, 3.8) is 0 Å². The van der Waals surface area contributed by atoms with Crippen LogP contribution in [0.15, 0.2) is 18.2 Å². The molecule has 2 rings (SSSR count). The van der Waals surface area contributed by atoms with Gasteiger partial charge in [0.15, 0.2) is 0 Å². The minimum atomic E-state index is 0.116. The summed E-state index contributed by atoms with van der Waals surface area (Å²) in [6.45, 7) is 6.08. The van der Waals surface area contributed by atoms with Crippen LogP contribution >= 0.6 is 0 Å². The fraction of sp³-hybridized carbons (Fsp3) is 0.533. The first-order valence-corrected chi connectivity index (χ1v) is 6.82. The Morgan fingerprint density at radius 3 is 2.94 bits per heavy atom. The molecule has 18 heavy (non-hydrogen) atoms. The Balaban J connectivity index is 2.00. The third-order valence-corrected chi connectivity index (χ3v) is 3.66. The number of hydrogen-bond acceptors (Lipinski definition) is 2. The minimum Gasteiger partial charge on any atom is -0.326 e. The van der Waals surface area contributed by atoms with E-state index in [2.05, 4.69) is 36.6 Å². The third-order valence-electron chi connectivity index (χ3n) is 3.66. The van der Waals surface area contributed by atoms with Crippen LogP contribution in [-0.4, -0.2) is 19.0 Å². The Hall–Kier alpha value is -1.35. The fourth-order valence-corrected chi connectivity index (χ4v) is 2.49. The molecule has 1 amide bonds. The molecular formula is C15H22N2O. The molecule has 98 valence electrons. The Morgan fingerprint density at radius 2 is 2.33 bits per heavy atom. The van der Waals surface area contributed by atoms with Crippen LogP contribution < -0.4 is 10.6 Å². The van der Waals surface area contributed by atoms with E-state index in [0.29, 0.717) is 0 Å². The van der Waals surface area contributed by atoms with E-state index in [4.69, 9.17) is 0 Å². The van der Waals surface area contributed by atoms with Crippen LogP contribution in [0.1, 0.15) is 30.9 Å². The maximum atomic E-state index is 12.1. The van der Waals surface area contributed by atoms with Crippen LogP contribution in [0.3, 0.4) is 0 Å². The van der Waals surface area contributed by atoms with Gasteiger partial charge in [0, 0.05) is 12.2 Å². The van der Waals surface area contributed by atoms with Gasteiger partial charge in [0.25, 0.3) is 0 Å². The van der Waals surface area contributed by atoms with Crippen LogP contribution in [0.25, 0.3) is 0 Å². The van der Waals surface area contributed by atoms with Gasteiger partial charge in [0.1, 0.15) is 0 Å². The van der Waals surface area contributed by atoms with Gasteiger partial charge in [-0.25, -0.2) is 0 Å². The maximum absolute atomic E-state index is 12.1. The summed E-state index contributed by atoms with van der Waals surface area (Å²) in [5, 5.41) is 6.30. The van der Waals surface area contributed by atoms with Gasteiger partial charge in [-0.15, -0.1) is 0 Å². The van der Waals surface area contributed by atoms with E-state index in [0.717, 1.165) is 38.0 Å². The molecule has 1 aliphatic rings. The number of anilines is 1. The molecule has 1 atom stereocenters. The van der Waals surface area contributed by atoms with Crippen molar-refractivity contribution < 1.29 is 4.79 Å². The quantitative estimate of drug-likeness (QED) is 0.860. The first-order valence-electron chi connectivity index (χ1n) is 6.82. The van der Waals surface area contributed by atoms with Crippen molar-refractivity contribution in [1.82, 2.24) is 5.32 Å². The molecule has 1 heterocycles. The van der Waals surface area contributed by atoms with Gasteiger partial charge < -0.3 is 10.6 Å². The number of nitrogens with one attached hydrogen (secondary N) is 2. The summed E-state index contributed by atoms with van der Waals surface area (Å²) in [5.74, 6) is 0.260. The standard InChI is InChI=1S/C15H22N2O/c1-3-12-6-7-14(9-11(12)2)17-15(18)13-5-4-8-16-10-13/h6-7,9,13,16H,3-5,8,10H2,1-2H3,(H,17,18)/t13-/m1/s1. The Kier molecular flexibility index (Phi) is 4.37. The molecule has 3 heteroatoms. The van der Waals surface area contributed by atoms with E-state index in [1.807, 2.05) is 6.07 Å². The zero-order valence-electron chi connectivity index (χ0n) is 11.3. The summed E-state index contributed by atoms with van der Waals surface area (Å²) in [5.41, 5.74) is 3.50. The zero-order valence-corrected chi connectivity index (χ0v) is 11.3. The lowest BCUT2D eigenvalue weighted by atomic mass is 9.98. The van der Waals surface area contributed by atoms with Crippen LogP contribution in [0.4, 0.5) is 5.69 Å².